The lowest BCUT2D eigenvalue weighted by Gasteiger charge is -2.32. The van der Waals surface area contributed by atoms with Crippen molar-refractivity contribution in [3.05, 3.63) is 35.5 Å². The van der Waals surface area contributed by atoms with Crippen LogP contribution in [0.5, 0.6) is 0 Å². The van der Waals surface area contributed by atoms with E-state index in [1.807, 2.05) is 26.1 Å². The Kier molecular flexibility index (Phi) is 4.58. The molecule has 0 saturated carbocycles. The first-order valence-corrected chi connectivity index (χ1v) is 9.15. The summed E-state index contributed by atoms with van der Waals surface area (Å²) in [4.78, 5) is 27.5. The Morgan fingerprint density at radius 1 is 1.42 bits per heavy atom. The molecule has 0 aliphatic carbocycles. The van der Waals surface area contributed by atoms with Gasteiger partial charge in [-0.25, -0.2) is 0 Å². The number of benzene rings is 1. The fourth-order valence-corrected chi connectivity index (χ4v) is 3.89. The molecule has 6 heteroatoms. The molecule has 1 aromatic heterocycles. The lowest BCUT2D eigenvalue weighted by molar-refractivity contribution is -0.129. The molecular formula is C18H23N3O2S. The number of H-pyrrole nitrogens is 1. The number of hydrogen-bond acceptors (Lipinski definition) is 3. The fourth-order valence-electron chi connectivity index (χ4n) is 2.89. The molecule has 128 valence electrons. The molecule has 1 aromatic carbocycles. The number of para-hydroxylation sites is 1. The van der Waals surface area contributed by atoms with Crippen molar-refractivity contribution in [2.45, 2.75) is 38.0 Å². The highest BCUT2D eigenvalue weighted by Crippen LogP contribution is 2.29. The molecule has 24 heavy (non-hydrogen) atoms. The topological polar surface area (TPSA) is 74.0 Å². The van der Waals surface area contributed by atoms with Crippen LogP contribution in [0.2, 0.25) is 0 Å². The van der Waals surface area contributed by atoms with Crippen LogP contribution in [0.15, 0.2) is 24.4 Å². The van der Waals surface area contributed by atoms with E-state index in [4.69, 9.17) is 0 Å². The Hall–Kier alpha value is -1.95. The highest BCUT2D eigenvalue weighted by Gasteiger charge is 2.37. The van der Waals surface area contributed by atoms with Crippen molar-refractivity contribution in [1.29, 1.82) is 0 Å². The number of carbonyl (C=O) groups is 2. The number of carbonyl (C=O) groups excluding carboxylic acids is 2. The van der Waals surface area contributed by atoms with Crippen LogP contribution in [-0.2, 0) is 16.0 Å². The molecule has 1 fully saturated rings. The van der Waals surface area contributed by atoms with Gasteiger partial charge in [-0.15, -0.1) is 11.8 Å². The minimum atomic E-state index is -0.460. The zero-order chi connectivity index (χ0) is 17.3. The fraction of sp³-hybridized carbons (Fsp3) is 0.444. The monoisotopic (exact) mass is 345 g/mol. The number of amides is 2. The van der Waals surface area contributed by atoms with Gasteiger partial charge in [0.15, 0.2) is 0 Å². The van der Waals surface area contributed by atoms with E-state index in [0.717, 1.165) is 11.9 Å². The van der Waals surface area contributed by atoms with E-state index in [1.54, 1.807) is 0 Å². The Bertz CT molecular complexity index is 782. The van der Waals surface area contributed by atoms with Crippen molar-refractivity contribution in [2.75, 3.05) is 12.3 Å². The van der Waals surface area contributed by atoms with Gasteiger partial charge in [0.2, 0.25) is 11.8 Å². The van der Waals surface area contributed by atoms with Crippen molar-refractivity contribution in [3.63, 3.8) is 0 Å². The van der Waals surface area contributed by atoms with Crippen LogP contribution in [0.4, 0.5) is 0 Å². The molecular weight excluding hydrogens is 322 g/mol. The quantitative estimate of drug-likeness (QED) is 0.795. The number of aryl methyl sites for hydroxylation is 1. The van der Waals surface area contributed by atoms with Crippen LogP contribution >= 0.6 is 11.8 Å². The Labute approximate surface area is 146 Å². The molecule has 2 heterocycles. The summed E-state index contributed by atoms with van der Waals surface area (Å²) < 4.78 is -0.460. The number of hydrogen-bond donors (Lipinski definition) is 3. The number of aromatic nitrogens is 1. The second kappa shape index (κ2) is 6.51. The van der Waals surface area contributed by atoms with Gasteiger partial charge in [-0.1, -0.05) is 18.2 Å². The van der Waals surface area contributed by atoms with E-state index >= 15 is 0 Å². The van der Waals surface area contributed by atoms with Gasteiger partial charge in [-0.05, 0) is 38.3 Å². The van der Waals surface area contributed by atoms with Crippen molar-refractivity contribution in [1.82, 2.24) is 15.6 Å². The van der Waals surface area contributed by atoms with Gasteiger partial charge in [-0.3, -0.25) is 9.59 Å². The third kappa shape index (κ3) is 3.29. The summed E-state index contributed by atoms with van der Waals surface area (Å²) in [6, 6.07) is 5.77. The molecule has 0 bridgehead atoms. The third-order valence-corrected chi connectivity index (χ3v) is 5.89. The van der Waals surface area contributed by atoms with Crippen LogP contribution in [0.3, 0.4) is 0 Å². The zero-order valence-electron chi connectivity index (χ0n) is 14.2. The first-order chi connectivity index (χ1) is 11.4. The van der Waals surface area contributed by atoms with E-state index in [2.05, 4.69) is 34.7 Å². The predicted molar refractivity (Wildman–Crippen MR) is 98.2 cm³/mol. The first-order valence-electron chi connectivity index (χ1n) is 8.17. The van der Waals surface area contributed by atoms with Crippen molar-refractivity contribution < 1.29 is 9.59 Å². The van der Waals surface area contributed by atoms with Crippen LogP contribution in [-0.4, -0.2) is 39.9 Å². The number of thioether (sulfide) groups is 1. The van der Waals surface area contributed by atoms with Crippen molar-refractivity contribution in [3.8, 4) is 0 Å². The normalized spacial score (nSPS) is 20.0. The van der Waals surface area contributed by atoms with Gasteiger partial charge in [0.25, 0.3) is 0 Å². The lowest BCUT2D eigenvalue weighted by Crippen LogP contribution is -2.57. The van der Waals surface area contributed by atoms with E-state index in [9.17, 15) is 9.59 Å². The predicted octanol–water partition coefficient (Wildman–Crippen LogP) is 2.15. The van der Waals surface area contributed by atoms with Gasteiger partial charge in [0.1, 0.15) is 6.04 Å². The lowest BCUT2D eigenvalue weighted by atomic mass is 10.1. The molecule has 2 aromatic rings. The second-order valence-electron chi connectivity index (χ2n) is 6.70. The molecule has 0 spiro atoms. The number of fused-ring (bicyclic) bond motifs is 1. The van der Waals surface area contributed by atoms with Gasteiger partial charge in [0, 0.05) is 29.4 Å². The summed E-state index contributed by atoms with van der Waals surface area (Å²) in [5, 5.41) is 6.95. The summed E-state index contributed by atoms with van der Waals surface area (Å²) in [6.07, 6.45) is 2.76. The molecule has 3 N–H and O–H groups in total. The Morgan fingerprint density at radius 3 is 2.96 bits per heavy atom. The summed E-state index contributed by atoms with van der Waals surface area (Å²) >= 11 is 1.52. The smallest absolute Gasteiger partial charge is 0.243 e. The van der Waals surface area contributed by atoms with Crippen LogP contribution in [0.1, 0.15) is 25.0 Å². The summed E-state index contributed by atoms with van der Waals surface area (Å²) in [5.74, 6) is 0.421. The maximum atomic E-state index is 12.3. The summed E-state index contributed by atoms with van der Waals surface area (Å²) in [5.41, 5.74) is 3.56. The largest absolute Gasteiger partial charge is 0.361 e. The number of aromatic amines is 1. The third-order valence-electron chi connectivity index (χ3n) is 4.48. The summed E-state index contributed by atoms with van der Waals surface area (Å²) in [7, 11) is 0. The van der Waals surface area contributed by atoms with Gasteiger partial charge in [0.05, 0.1) is 4.75 Å². The molecule has 1 saturated heterocycles. The van der Waals surface area contributed by atoms with Gasteiger partial charge >= 0.3 is 0 Å². The number of nitrogens with one attached hydrogen (secondary N) is 3. The van der Waals surface area contributed by atoms with E-state index in [0.29, 0.717) is 12.3 Å². The van der Waals surface area contributed by atoms with Gasteiger partial charge in [-0.2, -0.15) is 0 Å². The average Bonchev–Trinajstić information content (AvgIpc) is 2.95. The summed E-state index contributed by atoms with van der Waals surface area (Å²) in [6.45, 7) is 6.38. The van der Waals surface area contributed by atoms with E-state index < -0.39 is 10.8 Å². The Balaban J connectivity index is 1.55. The minimum Gasteiger partial charge on any atom is -0.361 e. The molecule has 3 rings (SSSR count). The van der Waals surface area contributed by atoms with E-state index in [1.165, 1.54) is 28.3 Å². The molecule has 1 aliphatic rings. The second-order valence-corrected chi connectivity index (χ2v) is 8.34. The molecule has 0 radical (unpaired) electrons. The molecule has 1 aliphatic heterocycles. The van der Waals surface area contributed by atoms with Crippen molar-refractivity contribution in [2.24, 2.45) is 0 Å². The molecule has 1 atom stereocenters. The highest BCUT2D eigenvalue weighted by molar-refractivity contribution is 8.01. The van der Waals surface area contributed by atoms with Crippen LogP contribution in [0.25, 0.3) is 10.9 Å². The maximum absolute atomic E-state index is 12.3. The Morgan fingerprint density at radius 2 is 2.21 bits per heavy atom. The highest BCUT2D eigenvalue weighted by atomic mass is 32.2. The molecule has 0 unspecified atom stereocenters. The SMILES string of the molecule is Cc1cccc2c(CCNC(=O)[C@H]3CSC(C)(C)C(=O)N3)c[nH]c12. The molecule has 2 amide bonds. The first kappa shape index (κ1) is 16.9. The number of rotatable bonds is 4. The average molecular weight is 345 g/mol. The van der Waals surface area contributed by atoms with Crippen LogP contribution in [0, 0.1) is 6.92 Å². The minimum absolute atomic E-state index is 0.0778. The maximum Gasteiger partial charge on any atom is 0.243 e. The zero-order valence-corrected chi connectivity index (χ0v) is 15.0. The van der Waals surface area contributed by atoms with Crippen molar-refractivity contribution >= 4 is 34.5 Å². The molecule has 5 nitrogen and oxygen atoms in total. The van der Waals surface area contributed by atoms with Gasteiger partial charge < -0.3 is 15.6 Å². The standard InChI is InChI=1S/C18H23N3O2S/c1-11-5-4-6-13-12(9-20-15(11)13)7-8-19-16(22)14-10-24-18(2,3)17(23)21-14/h4-6,9,14,20H,7-8,10H2,1-3H3,(H,19,22)(H,21,23)/t14-/m1/s1. The van der Waals surface area contributed by atoms with Crippen LogP contribution < -0.4 is 10.6 Å². The van der Waals surface area contributed by atoms with E-state index in [-0.39, 0.29) is 11.8 Å².